The Bertz CT molecular complexity index is 324. The van der Waals surface area contributed by atoms with Crippen molar-refractivity contribution < 1.29 is 20.0 Å². The van der Waals surface area contributed by atoms with Crippen LogP contribution in [0.1, 0.15) is 18.0 Å². The fourth-order valence-electron chi connectivity index (χ4n) is 1.16. The van der Waals surface area contributed by atoms with Gasteiger partial charge in [-0.3, -0.25) is 4.79 Å². The average Bonchev–Trinajstić information content (AvgIpc) is 2.29. The largest absolute Gasteiger partial charge is 0.481 e. The van der Waals surface area contributed by atoms with Gasteiger partial charge in [0, 0.05) is 17.8 Å². The van der Waals surface area contributed by atoms with Crippen LogP contribution in [0.15, 0.2) is 18.3 Å². The smallest absolute Gasteiger partial charge is 0.311 e. The van der Waals surface area contributed by atoms with Gasteiger partial charge in [0.05, 0.1) is 14.2 Å². The molecular weight excluding hydrogens is 196 g/mol. The Morgan fingerprint density at radius 2 is 2.27 bits per heavy atom. The van der Waals surface area contributed by atoms with Crippen LogP contribution >= 0.6 is 0 Å². The maximum absolute atomic E-state index is 11.0. The lowest BCUT2D eigenvalue weighted by molar-refractivity contribution is -0.425. The van der Waals surface area contributed by atoms with Gasteiger partial charge in [0.1, 0.15) is 12.5 Å². The highest BCUT2D eigenvalue weighted by Gasteiger charge is 2.15. The Morgan fingerprint density at radius 1 is 1.53 bits per heavy atom. The van der Waals surface area contributed by atoms with Crippen LogP contribution in [0.4, 0.5) is 0 Å². The Balaban J connectivity index is 2.65. The second kappa shape index (κ2) is 5.31. The summed E-state index contributed by atoms with van der Waals surface area (Å²) in [5, 5.41) is 0. The molecule has 1 rings (SSSR count). The predicted molar refractivity (Wildman–Crippen MR) is 53.1 cm³/mol. The summed E-state index contributed by atoms with van der Waals surface area (Å²) in [4.78, 5) is 15.0. The Hall–Kier alpha value is -1.62. The minimum atomic E-state index is -0.272. The quantitative estimate of drug-likeness (QED) is 0.708. The topological polar surface area (TPSA) is 76.1 Å². The zero-order valence-electron chi connectivity index (χ0n) is 8.90. The number of quaternary nitrogens is 1. The molecule has 15 heavy (non-hydrogen) atoms. The summed E-state index contributed by atoms with van der Waals surface area (Å²) in [5.41, 5.74) is 4.76. The molecule has 0 aliphatic heterocycles. The molecule has 0 fully saturated rings. The molecule has 1 aromatic heterocycles. The van der Waals surface area contributed by atoms with E-state index in [0.717, 1.165) is 5.56 Å². The zero-order chi connectivity index (χ0) is 11.3. The number of rotatable bonds is 4. The van der Waals surface area contributed by atoms with Gasteiger partial charge in [-0.1, -0.05) is 0 Å². The van der Waals surface area contributed by atoms with Crippen LogP contribution in [0, 0.1) is 0 Å². The van der Waals surface area contributed by atoms with Gasteiger partial charge in [-0.05, 0) is 6.07 Å². The van der Waals surface area contributed by atoms with Crippen molar-refractivity contribution in [2.45, 2.75) is 12.5 Å². The van der Waals surface area contributed by atoms with Gasteiger partial charge in [0.2, 0.25) is 5.88 Å². The monoisotopic (exact) mass is 211 g/mol. The molecule has 1 aromatic rings. The predicted octanol–water partition coefficient (Wildman–Crippen LogP) is -0.0637. The van der Waals surface area contributed by atoms with Gasteiger partial charge in [-0.25, -0.2) is 4.98 Å². The van der Waals surface area contributed by atoms with Crippen LogP contribution < -0.4 is 10.5 Å². The number of hydrogen-bond acceptors (Lipinski definition) is 4. The van der Waals surface area contributed by atoms with Crippen molar-refractivity contribution in [2.24, 2.45) is 0 Å². The molecule has 5 nitrogen and oxygen atoms in total. The first-order valence-electron chi connectivity index (χ1n) is 4.57. The van der Waals surface area contributed by atoms with Gasteiger partial charge < -0.3 is 15.2 Å². The summed E-state index contributed by atoms with van der Waals surface area (Å²) in [6.07, 6.45) is 1.91. The summed E-state index contributed by atoms with van der Waals surface area (Å²) in [6.45, 7) is 0. The molecule has 1 heterocycles. The van der Waals surface area contributed by atoms with Crippen molar-refractivity contribution in [2.75, 3.05) is 14.2 Å². The summed E-state index contributed by atoms with van der Waals surface area (Å²) in [6, 6.07) is 3.44. The van der Waals surface area contributed by atoms with Crippen molar-refractivity contribution in [1.82, 2.24) is 4.98 Å². The second-order valence-corrected chi connectivity index (χ2v) is 3.11. The number of carbonyl (C=O) groups excluding carboxylic acids is 1. The lowest BCUT2D eigenvalue weighted by Crippen LogP contribution is -2.54. The van der Waals surface area contributed by atoms with Crippen molar-refractivity contribution in [1.29, 1.82) is 0 Å². The van der Waals surface area contributed by atoms with Crippen LogP contribution in [-0.2, 0) is 9.53 Å². The van der Waals surface area contributed by atoms with E-state index < -0.39 is 0 Å². The lowest BCUT2D eigenvalue weighted by Gasteiger charge is -2.07. The highest BCUT2D eigenvalue weighted by Crippen LogP contribution is 2.14. The van der Waals surface area contributed by atoms with Crippen LogP contribution in [0.3, 0.4) is 0 Å². The van der Waals surface area contributed by atoms with E-state index in [0.29, 0.717) is 5.88 Å². The normalized spacial score (nSPS) is 11.9. The van der Waals surface area contributed by atoms with E-state index in [1.165, 1.54) is 7.11 Å². The van der Waals surface area contributed by atoms with Gasteiger partial charge in [-0.2, -0.15) is 0 Å². The van der Waals surface area contributed by atoms with Crippen molar-refractivity contribution in [3.8, 4) is 5.88 Å². The van der Waals surface area contributed by atoms with Gasteiger partial charge in [0.15, 0.2) is 0 Å². The maximum Gasteiger partial charge on any atom is 0.311 e. The molecule has 0 spiro atoms. The fraction of sp³-hybridized carbons (Fsp3) is 0.400. The summed E-state index contributed by atoms with van der Waals surface area (Å²) >= 11 is 0. The second-order valence-electron chi connectivity index (χ2n) is 3.11. The SMILES string of the molecule is COC(=O)CC([NH3+])c1ccc(OC)nc1. The number of hydrogen-bond donors (Lipinski definition) is 1. The standard InChI is InChI=1S/C10H14N2O3/c1-14-9-4-3-7(6-12-9)8(11)5-10(13)15-2/h3-4,6,8H,5,11H2,1-2H3/p+1. The molecular formula is C10H15N2O3+. The number of nitrogens with zero attached hydrogens (tertiary/aromatic N) is 1. The summed E-state index contributed by atoms with van der Waals surface area (Å²) < 4.78 is 9.49. The number of methoxy groups -OCH3 is 2. The molecule has 0 aliphatic rings. The first-order chi connectivity index (χ1) is 7.17. The molecule has 1 atom stereocenters. The number of esters is 1. The minimum Gasteiger partial charge on any atom is -0.481 e. The molecule has 82 valence electrons. The molecule has 0 saturated carbocycles. The average molecular weight is 211 g/mol. The Labute approximate surface area is 88.2 Å². The van der Waals surface area contributed by atoms with Crippen LogP contribution in [0.2, 0.25) is 0 Å². The van der Waals surface area contributed by atoms with Crippen LogP contribution in [-0.4, -0.2) is 25.2 Å². The lowest BCUT2D eigenvalue weighted by atomic mass is 10.1. The number of aromatic nitrogens is 1. The van der Waals surface area contributed by atoms with E-state index in [4.69, 9.17) is 4.74 Å². The number of carbonyl (C=O) groups is 1. The first kappa shape index (κ1) is 11.5. The van der Waals surface area contributed by atoms with Crippen molar-refractivity contribution >= 4 is 5.97 Å². The van der Waals surface area contributed by atoms with Crippen molar-refractivity contribution in [3.63, 3.8) is 0 Å². The third-order valence-corrected chi connectivity index (χ3v) is 2.08. The molecule has 0 bridgehead atoms. The number of ether oxygens (including phenoxy) is 2. The van der Waals surface area contributed by atoms with Crippen LogP contribution in [0.5, 0.6) is 5.88 Å². The summed E-state index contributed by atoms with van der Waals surface area (Å²) in [7, 11) is 2.92. The molecule has 0 saturated heterocycles. The van der Waals surface area contributed by atoms with E-state index in [-0.39, 0.29) is 18.4 Å². The molecule has 0 aliphatic carbocycles. The van der Waals surface area contributed by atoms with E-state index >= 15 is 0 Å². The van der Waals surface area contributed by atoms with Crippen molar-refractivity contribution in [3.05, 3.63) is 23.9 Å². The van der Waals surface area contributed by atoms with E-state index in [1.807, 2.05) is 6.07 Å². The minimum absolute atomic E-state index is 0.143. The highest BCUT2D eigenvalue weighted by atomic mass is 16.5. The molecule has 0 aromatic carbocycles. The van der Waals surface area contributed by atoms with E-state index in [9.17, 15) is 4.79 Å². The van der Waals surface area contributed by atoms with Crippen LogP contribution in [0.25, 0.3) is 0 Å². The first-order valence-corrected chi connectivity index (χ1v) is 4.57. The molecule has 3 N–H and O–H groups in total. The van der Waals surface area contributed by atoms with E-state index in [2.05, 4.69) is 15.5 Å². The molecule has 0 amide bonds. The van der Waals surface area contributed by atoms with Gasteiger partial charge in [-0.15, -0.1) is 0 Å². The highest BCUT2D eigenvalue weighted by molar-refractivity contribution is 5.69. The number of pyridine rings is 1. The molecule has 1 unspecified atom stereocenters. The van der Waals surface area contributed by atoms with Gasteiger partial charge in [0.25, 0.3) is 0 Å². The Morgan fingerprint density at radius 3 is 2.73 bits per heavy atom. The summed E-state index contributed by atoms with van der Waals surface area (Å²) in [5.74, 6) is 0.273. The van der Waals surface area contributed by atoms with Gasteiger partial charge >= 0.3 is 5.97 Å². The van der Waals surface area contributed by atoms with E-state index in [1.54, 1.807) is 19.4 Å². The zero-order valence-corrected chi connectivity index (χ0v) is 8.90. The third kappa shape index (κ3) is 3.21. The maximum atomic E-state index is 11.0. The molecule has 0 radical (unpaired) electrons. The molecule has 5 heteroatoms. The third-order valence-electron chi connectivity index (χ3n) is 2.08. The fourth-order valence-corrected chi connectivity index (χ4v) is 1.16. The Kier molecular flexibility index (Phi) is 4.05.